The molecular formula is C22H11BrS2. The molecule has 0 aliphatic heterocycles. The molecule has 1 aliphatic rings. The van der Waals surface area contributed by atoms with Crippen molar-refractivity contribution in [3.8, 4) is 11.1 Å². The van der Waals surface area contributed by atoms with Gasteiger partial charge in [0.2, 0.25) is 0 Å². The van der Waals surface area contributed by atoms with Gasteiger partial charge in [-0.1, -0.05) is 48.5 Å². The summed E-state index contributed by atoms with van der Waals surface area (Å²) < 4.78 is 4.03. The van der Waals surface area contributed by atoms with E-state index in [0.29, 0.717) is 0 Å². The summed E-state index contributed by atoms with van der Waals surface area (Å²) in [4.78, 5) is 0. The Balaban J connectivity index is 1.94. The monoisotopic (exact) mass is 418 g/mol. The summed E-state index contributed by atoms with van der Waals surface area (Å²) >= 11 is 7.40. The van der Waals surface area contributed by atoms with Crippen molar-refractivity contribution in [2.24, 2.45) is 0 Å². The van der Waals surface area contributed by atoms with Crippen molar-refractivity contribution >= 4 is 58.8 Å². The summed E-state index contributed by atoms with van der Waals surface area (Å²) in [5.74, 6) is 0. The van der Waals surface area contributed by atoms with Gasteiger partial charge in [-0.05, 0) is 55.0 Å². The third kappa shape index (κ3) is 1.81. The fraction of sp³-hybridized carbons (Fsp3) is 0. The Morgan fingerprint density at radius 2 is 1.60 bits per heavy atom. The fourth-order valence-corrected chi connectivity index (χ4v) is 6.68. The zero-order valence-electron chi connectivity index (χ0n) is 13.0. The molecule has 3 aromatic carbocycles. The Kier molecular flexibility index (Phi) is 2.87. The summed E-state index contributed by atoms with van der Waals surface area (Å²) in [6.45, 7) is 0. The molecule has 0 bridgehead atoms. The molecule has 0 fully saturated rings. The van der Waals surface area contributed by atoms with E-state index >= 15 is 0 Å². The van der Waals surface area contributed by atoms with Crippen LogP contribution in [-0.4, -0.2) is 0 Å². The standard InChI is InChI=1S/C22H11BrS2/c23-17-11-16-21-15(9-10-24-21)19-18-13(12-5-2-1-3-6-12)7-4-8-14(18)20(19)22(16)25-17/h1-11H. The molecule has 0 nitrogen and oxygen atoms in total. The van der Waals surface area contributed by atoms with E-state index < -0.39 is 0 Å². The minimum Gasteiger partial charge on any atom is -0.143 e. The second-order valence-corrected chi connectivity index (χ2v) is 9.65. The van der Waals surface area contributed by atoms with Crippen molar-refractivity contribution in [3.05, 3.63) is 90.7 Å². The van der Waals surface area contributed by atoms with E-state index in [1.54, 1.807) is 0 Å². The molecule has 0 unspecified atom stereocenters. The van der Waals surface area contributed by atoms with Crippen molar-refractivity contribution < 1.29 is 0 Å². The topological polar surface area (TPSA) is 0 Å². The Morgan fingerprint density at radius 1 is 0.720 bits per heavy atom. The van der Waals surface area contributed by atoms with E-state index in [1.165, 1.54) is 56.0 Å². The lowest BCUT2D eigenvalue weighted by molar-refractivity contribution is 1.34. The molecule has 0 N–H and O–H groups in total. The number of rotatable bonds is 1. The first-order valence-corrected chi connectivity index (χ1v) is 10.6. The van der Waals surface area contributed by atoms with E-state index in [4.69, 9.17) is 0 Å². The SMILES string of the molecule is Brc1cc2c(s1)c1c(c3ccsc32)=c2c(-c3ccccc3)cccc2=1. The van der Waals surface area contributed by atoms with Gasteiger partial charge in [0, 0.05) is 30.6 Å². The maximum atomic E-state index is 3.70. The maximum Gasteiger partial charge on any atom is 0.0711 e. The number of fused-ring (bicyclic) bond motifs is 7. The third-order valence-corrected chi connectivity index (χ3v) is 7.63. The second-order valence-electron chi connectivity index (χ2n) is 6.30. The normalized spacial score (nSPS) is 12.2. The minimum absolute atomic E-state index is 1.21. The highest BCUT2D eigenvalue weighted by atomic mass is 79.9. The minimum atomic E-state index is 1.21. The molecule has 0 radical (unpaired) electrons. The van der Waals surface area contributed by atoms with Crippen molar-refractivity contribution in [2.75, 3.05) is 0 Å². The predicted molar refractivity (Wildman–Crippen MR) is 112 cm³/mol. The summed E-state index contributed by atoms with van der Waals surface area (Å²) in [5.41, 5.74) is 2.63. The molecule has 0 amide bonds. The van der Waals surface area contributed by atoms with Gasteiger partial charge in [-0.25, -0.2) is 0 Å². The number of halogens is 1. The smallest absolute Gasteiger partial charge is 0.0711 e. The first kappa shape index (κ1) is 14.3. The van der Waals surface area contributed by atoms with Crippen molar-refractivity contribution in [2.45, 2.75) is 0 Å². The maximum absolute atomic E-state index is 3.70. The van der Waals surface area contributed by atoms with Crippen molar-refractivity contribution in [3.63, 3.8) is 0 Å². The molecule has 0 atom stereocenters. The summed E-state index contributed by atoms with van der Waals surface area (Å²) in [6.07, 6.45) is 0. The van der Waals surface area contributed by atoms with Crippen LogP contribution in [0, 0.1) is 20.9 Å². The van der Waals surface area contributed by atoms with Gasteiger partial charge in [0.25, 0.3) is 0 Å². The lowest BCUT2D eigenvalue weighted by Crippen LogP contribution is -1.95. The lowest BCUT2D eigenvalue weighted by atomic mass is 9.91. The summed E-state index contributed by atoms with van der Waals surface area (Å²) in [5, 5.41) is 10.7. The Labute approximate surface area is 160 Å². The van der Waals surface area contributed by atoms with Crippen LogP contribution >= 0.6 is 38.6 Å². The summed E-state index contributed by atoms with van der Waals surface area (Å²) in [6, 6.07) is 22.0. The van der Waals surface area contributed by atoms with Crippen LogP contribution in [0.2, 0.25) is 0 Å². The zero-order chi connectivity index (χ0) is 16.5. The highest BCUT2D eigenvalue weighted by Crippen LogP contribution is 2.42. The number of hydrogen-bond donors (Lipinski definition) is 0. The average Bonchev–Trinajstić information content (AvgIpc) is 3.23. The van der Waals surface area contributed by atoms with Gasteiger partial charge in [-0.3, -0.25) is 0 Å². The molecule has 25 heavy (non-hydrogen) atoms. The molecule has 0 spiro atoms. The quantitative estimate of drug-likeness (QED) is 0.260. The Bertz CT molecular complexity index is 1490. The number of benzene rings is 3. The second kappa shape index (κ2) is 5.04. The van der Waals surface area contributed by atoms with Gasteiger partial charge in [0.1, 0.15) is 0 Å². The van der Waals surface area contributed by atoms with Crippen LogP contribution in [0.1, 0.15) is 0 Å². The molecule has 2 aromatic heterocycles. The Hall–Kier alpha value is -1.94. The van der Waals surface area contributed by atoms with Gasteiger partial charge in [-0.2, -0.15) is 0 Å². The molecule has 2 heterocycles. The van der Waals surface area contributed by atoms with E-state index in [9.17, 15) is 0 Å². The van der Waals surface area contributed by atoms with Crippen LogP contribution in [0.4, 0.5) is 0 Å². The zero-order valence-corrected chi connectivity index (χ0v) is 16.3. The number of hydrogen-bond acceptors (Lipinski definition) is 2. The van der Waals surface area contributed by atoms with Gasteiger partial charge in [-0.15, -0.1) is 22.7 Å². The van der Waals surface area contributed by atoms with Crippen LogP contribution in [0.15, 0.2) is 69.8 Å². The molecule has 3 heteroatoms. The predicted octanol–water partition coefficient (Wildman–Crippen LogP) is 7.43. The van der Waals surface area contributed by atoms with Crippen LogP contribution in [-0.2, 0) is 0 Å². The molecular weight excluding hydrogens is 408 g/mol. The van der Waals surface area contributed by atoms with Crippen LogP contribution in [0.3, 0.4) is 0 Å². The Morgan fingerprint density at radius 3 is 2.48 bits per heavy atom. The van der Waals surface area contributed by atoms with Gasteiger partial charge >= 0.3 is 0 Å². The van der Waals surface area contributed by atoms with Gasteiger partial charge in [0.05, 0.1) is 3.79 Å². The van der Waals surface area contributed by atoms with E-state index in [1.807, 2.05) is 22.7 Å². The lowest BCUT2D eigenvalue weighted by Gasteiger charge is -2.12. The molecule has 1 aliphatic carbocycles. The van der Waals surface area contributed by atoms with Crippen LogP contribution in [0.25, 0.3) is 31.3 Å². The average molecular weight is 419 g/mol. The number of thiophene rings is 2. The van der Waals surface area contributed by atoms with E-state index in [2.05, 4.69) is 82.0 Å². The van der Waals surface area contributed by atoms with Crippen molar-refractivity contribution in [1.82, 2.24) is 0 Å². The summed E-state index contributed by atoms with van der Waals surface area (Å²) in [7, 11) is 0. The van der Waals surface area contributed by atoms with Gasteiger partial charge < -0.3 is 0 Å². The van der Waals surface area contributed by atoms with E-state index in [-0.39, 0.29) is 0 Å². The highest BCUT2D eigenvalue weighted by Gasteiger charge is 2.17. The largest absolute Gasteiger partial charge is 0.143 e. The molecule has 6 rings (SSSR count). The van der Waals surface area contributed by atoms with Crippen LogP contribution in [0.5, 0.6) is 0 Å². The van der Waals surface area contributed by atoms with Gasteiger partial charge in [0.15, 0.2) is 0 Å². The van der Waals surface area contributed by atoms with Crippen LogP contribution < -0.4 is 0 Å². The molecule has 0 saturated carbocycles. The first-order chi connectivity index (χ1) is 12.3. The fourth-order valence-electron chi connectivity index (χ4n) is 4.02. The van der Waals surface area contributed by atoms with Crippen molar-refractivity contribution in [1.29, 1.82) is 0 Å². The molecule has 5 aromatic rings. The molecule has 0 saturated heterocycles. The highest BCUT2D eigenvalue weighted by molar-refractivity contribution is 9.11. The third-order valence-electron chi connectivity index (χ3n) is 5.03. The molecule has 118 valence electrons. The van der Waals surface area contributed by atoms with E-state index in [0.717, 1.165) is 0 Å². The first-order valence-electron chi connectivity index (χ1n) is 8.14.